The van der Waals surface area contributed by atoms with Crippen molar-refractivity contribution >= 4 is 0 Å². The molecule has 0 aromatic heterocycles. The molecule has 0 amide bonds. The molecule has 5 heteroatoms. The maximum atomic E-state index is 13.1. The normalized spacial score (nSPS) is 27.3. The van der Waals surface area contributed by atoms with Crippen LogP contribution in [0.15, 0.2) is 18.2 Å². The summed E-state index contributed by atoms with van der Waals surface area (Å²) in [5, 5.41) is 12.6. The van der Waals surface area contributed by atoms with Gasteiger partial charge in [-0.05, 0) is 26.3 Å². The number of nitrogens with one attached hydrogen (secondary N) is 1. The lowest BCUT2D eigenvalue weighted by Crippen LogP contribution is -2.52. The summed E-state index contributed by atoms with van der Waals surface area (Å²) in [6.45, 7) is 0.0286. The van der Waals surface area contributed by atoms with Gasteiger partial charge in [-0.15, -0.1) is 0 Å². The Labute approximate surface area is 111 Å². The van der Waals surface area contributed by atoms with Gasteiger partial charge in [-0.2, -0.15) is 0 Å². The van der Waals surface area contributed by atoms with Gasteiger partial charge in [0.1, 0.15) is 23.5 Å². The molecule has 0 bridgehead atoms. The Morgan fingerprint density at radius 3 is 2.63 bits per heavy atom. The fourth-order valence-corrected chi connectivity index (χ4v) is 2.65. The topological polar surface area (TPSA) is 41.5 Å². The maximum Gasteiger partial charge on any atom is 0.129 e. The molecule has 1 aromatic carbocycles. The molecular weight excluding hydrogens is 252 g/mol. The van der Waals surface area contributed by atoms with Crippen molar-refractivity contribution in [1.29, 1.82) is 0 Å². The van der Waals surface area contributed by atoms with E-state index in [1.807, 2.05) is 0 Å². The summed E-state index contributed by atoms with van der Waals surface area (Å²) < 4.78 is 31.8. The summed E-state index contributed by atoms with van der Waals surface area (Å²) >= 11 is 0. The summed E-state index contributed by atoms with van der Waals surface area (Å²) in [5.74, 6) is -1.09. The lowest BCUT2D eigenvalue weighted by molar-refractivity contribution is 0.0551. The van der Waals surface area contributed by atoms with Crippen LogP contribution in [0.1, 0.15) is 25.7 Å². The van der Waals surface area contributed by atoms with E-state index in [2.05, 4.69) is 5.32 Å². The van der Waals surface area contributed by atoms with Crippen LogP contribution in [-0.2, 0) is 0 Å². The summed E-state index contributed by atoms with van der Waals surface area (Å²) in [6.07, 6.45) is 3.08. The number of likely N-dealkylation sites (N-methyl/N-ethyl adjacent to an activating group) is 1. The first-order valence-corrected chi connectivity index (χ1v) is 6.49. The highest BCUT2D eigenvalue weighted by molar-refractivity contribution is 5.24. The number of ether oxygens (including phenoxy) is 1. The Balaban J connectivity index is 2.06. The highest BCUT2D eigenvalue weighted by atomic mass is 19.1. The smallest absolute Gasteiger partial charge is 0.129 e. The van der Waals surface area contributed by atoms with E-state index < -0.39 is 11.6 Å². The average Bonchev–Trinajstić information content (AvgIpc) is 2.37. The van der Waals surface area contributed by atoms with Crippen LogP contribution >= 0.6 is 0 Å². The average molecular weight is 271 g/mol. The van der Waals surface area contributed by atoms with E-state index in [9.17, 15) is 13.9 Å². The molecule has 0 spiro atoms. The van der Waals surface area contributed by atoms with Gasteiger partial charge in [-0.25, -0.2) is 8.78 Å². The zero-order valence-electron chi connectivity index (χ0n) is 11.0. The molecule has 0 radical (unpaired) electrons. The molecule has 1 saturated carbocycles. The van der Waals surface area contributed by atoms with Gasteiger partial charge in [0, 0.05) is 30.2 Å². The first-order chi connectivity index (χ1) is 9.07. The largest absolute Gasteiger partial charge is 0.490 e. The first kappa shape index (κ1) is 14.2. The number of benzene rings is 1. The summed E-state index contributed by atoms with van der Waals surface area (Å²) in [6, 6.07) is 3.18. The minimum atomic E-state index is -0.646. The van der Waals surface area contributed by atoms with E-state index in [0.717, 1.165) is 25.3 Å². The third kappa shape index (κ3) is 3.42. The van der Waals surface area contributed by atoms with Gasteiger partial charge in [0.2, 0.25) is 0 Å². The Hall–Kier alpha value is -1.20. The van der Waals surface area contributed by atoms with Gasteiger partial charge in [-0.3, -0.25) is 0 Å². The second-order valence-electron chi connectivity index (χ2n) is 5.13. The van der Waals surface area contributed by atoms with E-state index >= 15 is 0 Å². The Morgan fingerprint density at radius 2 is 2.05 bits per heavy atom. The molecule has 1 aliphatic carbocycles. The third-order valence-electron chi connectivity index (χ3n) is 3.77. The van der Waals surface area contributed by atoms with Crippen LogP contribution in [0, 0.1) is 11.6 Å². The second kappa shape index (κ2) is 5.84. The molecule has 2 atom stereocenters. The number of halogens is 2. The quantitative estimate of drug-likeness (QED) is 0.882. The van der Waals surface area contributed by atoms with Crippen LogP contribution in [0.4, 0.5) is 8.78 Å². The number of hydrogen-bond acceptors (Lipinski definition) is 3. The van der Waals surface area contributed by atoms with Crippen molar-refractivity contribution in [3.8, 4) is 5.75 Å². The van der Waals surface area contributed by atoms with E-state index in [0.29, 0.717) is 6.42 Å². The van der Waals surface area contributed by atoms with Crippen molar-refractivity contribution < 1.29 is 18.6 Å². The van der Waals surface area contributed by atoms with Crippen LogP contribution in [0.3, 0.4) is 0 Å². The van der Waals surface area contributed by atoms with Crippen molar-refractivity contribution in [3.63, 3.8) is 0 Å². The minimum absolute atomic E-state index is 0.0286. The van der Waals surface area contributed by atoms with Gasteiger partial charge in [0.25, 0.3) is 0 Å². The fourth-order valence-electron chi connectivity index (χ4n) is 2.65. The lowest BCUT2D eigenvalue weighted by Gasteiger charge is -2.39. The van der Waals surface area contributed by atoms with Gasteiger partial charge in [-0.1, -0.05) is 0 Å². The number of hydrogen-bond donors (Lipinski definition) is 2. The monoisotopic (exact) mass is 271 g/mol. The number of aliphatic hydroxyl groups excluding tert-OH is 1. The predicted molar refractivity (Wildman–Crippen MR) is 68.1 cm³/mol. The van der Waals surface area contributed by atoms with Crippen molar-refractivity contribution in [2.75, 3.05) is 13.7 Å². The van der Waals surface area contributed by atoms with E-state index in [-0.39, 0.29) is 24.0 Å². The predicted octanol–water partition coefficient (Wildman–Crippen LogP) is 2.24. The van der Waals surface area contributed by atoms with Crippen LogP contribution < -0.4 is 10.1 Å². The zero-order valence-corrected chi connectivity index (χ0v) is 11.0. The summed E-state index contributed by atoms with van der Waals surface area (Å²) in [4.78, 5) is 0. The van der Waals surface area contributed by atoms with Crippen LogP contribution in [0.2, 0.25) is 0 Å². The van der Waals surface area contributed by atoms with Crippen molar-refractivity contribution in [3.05, 3.63) is 29.8 Å². The van der Waals surface area contributed by atoms with Crippen molar-refractivity contribution in [2.24, 2.45) is 0 Å². The molecule has 0 heterocycles. The van der Waals surface area contributed by atoms with Gasteiger partial charge >= 0.3 is 0 Å². The van der Waals surface area contributed by atoms with Crippen molar-refractivity contribution in [1.82, 2.24) is 5.32 Å². The molecule has 3 nitrogen and oxygen atoms in total. The van der Waals surface area contributed by atoms with E-state index in [1.54, 1.807) is 7.05 Å². The molecule has 2 rings (SSSR count). The van der Waals surface area contributed by atoms with Gasteiger partial charge in [0.05, 0.1) is 6.61 Å². The lowest BCUT2D eigenvalue weighted by atomic mass is 9.81. The first-order valence-electron chi connectivity index (χ1n) is 6.49. The molecule has 1 aliphatic rings. The molecular formula is C14H19F2NO2. The van der Waals surface area contributed by atoms with E-state index in [4.69, 9.17) is 4.74 Å². The van der Waals surface area contributed by atoms with Crippen LogP contribution in [-0.4, -0.2) is 30.4 Å². The Morgan fingerprint density at radius 1 is 1.37 bits per heavy atom. The minimum Gasteiger partial charge on any atom is -0.490 e. The molecule has 19 heavy (non-hydrogen) atoms. The fraction of sp³-hybridized carbons (Fsp3) is 0.571. The van der Waals surface area contributed by atoms with Gasteiger partial charge in [0.15, 0.2) is 0 Å². The molecule has 0 aliphatic heterocycles. The van der Waals surface area contributed by atoms with Crippen LogP contribution in [0.5, 0.6) is 5.75 Å². The maximum absolute atomic E-state index is 13.1. The molecule has 0 saturated heterocycles. The van der Waals surface area contributed by atoms with Gasteiger partial charge < -0.3 is 15.2 Å². The summed E-state index contributed by atoms with van der Waals surface area (Å²) in [7, 11) is 1.81. The van der Waals surface area contributed by atoms with Crippen molar-refractivity contribution in [2.45, 2.75) is 37.3 Å². The highest BCUT2D eigenvalue weighted by Crippen LogP contribution is 2.31. The second-order valence-corrected chi connectivity index (χ2v) is 5.13. The van der Waals surface area contributed by atoms with Crippen LogP contribution in [0.25, 0.3) is 0 Å². The van der Waals surface area contributed by atoms with E-state index in [1.165, 1.54) is 12.1 Å². The highest BCUT2D eigenvalue weighted by Gasteiger charge is 2.35. The molecule has 2 unspecified atom stereocenters. The Bertz CT molecular complexity index is 415. The Kier molecular flexibility index (Phi) is 4.37. The molecule has 106 valence electrons. The molecule has 1 fully saturated rings. The zero-order chi connectivity index (χ0) is 13.9. The molecule has 1 aromatic rings. The number of aliphatic hydroxyl groups is 1. The standard InChI is InChI=1S/C14H19F2NO2/c1-17-14(9-18)4-2-3-12(8-14)19-13-6-10(15)5-11(16)7-13/h5-7,12,17-18H,2-4,8-9H2,1H3. The SMILES string of the molecule is CNC1(CO)CCCC(Oc2cc(F)cc(F)c2)C1. The third-order valence-corrected chi connectivity index (χ3v) is 3.77. The number of rotatable bonds is 4. The summed E-state index contributed by atoms with van der Waals surface area (Å²) in [5.41, 5.74) is -0.352. The molecule has 2 N–H and O–H groups in total.